The quantitative estimate of drug-likeness (QED) is 0.280. The van der Waals surface area contributed by atoms with Gasteiger partial charge in [0.05, 0.1) is 6.20 Å². The fraction of sp³-hybridized carbons (Fsp3) is 0.192. The first-order valence-corrected chi connectivity index (χ1v) is 11.8. The Morgan fingerprint density at radius 2 is 1.97 bits per heavy atom. The summed E-state index contributed by atoms with van der Waals surface area (Å²) in [5, 5.41) is 13.1. The SMILES string of the molecule is CC(OC(=O)Nc1c(C#Cc2nc3nc(C4(C(=O)O)CC4)oc3o2)oc2cnccc12)c1ccccc1Cl. The van der Waals surface area contributed by atoms with Gasteiger partial charge in [-0.05, 0) is 37.8 Å². The molecule has 0 saturated heterocycles. The summed E-state index contributed by atoms with van der Waals surface area (Å²) in [6, 6.07) is 8.73. The van der Waals surface area contributed by atoms with Gasteiger partial charge < -0.3 is 23.1 Å². The number of hydrogen-bond donors (Lipinski definition) is 2. The third kappa shape index (κ3) is 4.10. The van der Waals surface area contributed by atoms with E-state index in [1.165, 1.54) is 6.20 Å². The monoisotopic (exact) mass is 532 g/mol. The molecule has 1 aliphatic rings. The van der Waals surface area contributed by atoms with Crippen LogP contribution < -0.4 is 5.32 Å². The first-order chi connectivity index (χ1) is 18.3. The lowest BCUT2D eigenvalue weighted by molar-refractivity contribution is -0.140. The van der Waals surface area contributed by atoms with Crippen LogP contribution in [0.15, 0.2) is 56.0 Å². The molecule has 1 aliphatic carbocycles. The number of nitrogens with one attached hydrogen (secondary N) is 1. The zero-order valence-electron chi connectivity index (χ0n) is 19.6. The smallest absolute Gasteiger partial charge is 0.412 e. The molecule has 38 heavy (non-hydrogen) atoms. The number of hydrogen-bond acceptors (Lipinski definition) is 9. The number of benzene rings is 1. The molecule has 6 rings (SSSR count). The van der Waals surface area contributed by atoms with E-state index in [0.717, 1.165) is 0 Å². The number of aliphatic carboxylic acids is 1. The van der Waals surface area contributed by atoms with Crippen LogP contribution in [0.25, 0.3) is 22.4 Å². The lowest BCUT2D eigenvalue weighted by Gasteiger charge is -2.15. The van der Waals surface area contributed by atoms with Crippen LogP contribution in [0.4, 0.5) is 10.5 Å². The van der Waals surface area contributed by atoms with Crippen molar-refractivity contribution in [2.75, 3.05) is 5.32 Å². The van der Waals surface area contributed by atoms with Gasteiger partial charge in [-0.1, -0.05) is 29.8 Å². The molecule has 1 aromatic carbocycles. The van der Waals surface area contributed by atoms with Gasteiger partial charge in [0, 0.05) is 28.1 Å². The van der Waals surface area contributed by atoms with Crippen molar-refractivity contribution in [2.24, 2.45) is 0 Å². The summed E-state index contributed by atoms with van der Waals surface area (Å²) < 4.78 is 22.3. The number of carbonyl (C=O) groups excluding carboxylic acids is 1. The van der Waals surface area contributed by atoms with Crippen molar-refractivity contribution in [2.45, 2.75) is 31.3 Å². The Morgan fingerprint density at radius 3 is 2.71 bits per heavy atom. The maximum absolute atomic E-state index is 12.7. The number of carboxylic acid groups (broad SMARTS) is 1. The number of halogens is 1. The minimum absolute atomic E-state index is 0.0267. The van der Waals surface area contributed by atoms with Crippen molar-refractivity contribution in [1.29, 1.82) is 0 Å². The normalized spacial score (nSPS) is 14.6. The van der Waals surface area contributed by atoms with E-state index in [0.29, 0.717) is 34.4 Å². The molecule has 1 fully saturated rings. The summed E-state index contributed by atoms with van der Waals surface area (Å²) in [6.45, 7) is 1.71. The van der Waals surface area contributed by atoms with Crippen LogP contribution in [0.1, 0.15) is 49.0 Å². The second-order valence-corrected chi connectivity index (χ2v) is 9.07. The predicted octanol–water partition coefficient (Wildman–Crippen LogP) is 5.44. The van der Waals surface area contributed by atoms with Crippen molar-refractivity contribution >= 4 is 51.7 Å². The Bertz CT molecular complexity index is 1760. The first-order valence-electron chi connectivity index (χ1n) is 11.5. The highest BCUT2D eigenvalue weighted by Crippen LogP contribution is 2.48. The molecule has 0 bridgehead atoms. The molecule has 1 atom stereocenters. The van der Waals surface area contributed by atoms with E-state index in [4.69, 9.17) is 29.6 Å². The largest absolute Gasteiger partial charge is 0.480 e. The third-order valence-corrected chi connectivity index (χ3v) is 6.52. The standard InChI is InChI=1S/C26H17ClN4O7/c1-13(14-4-2-3-5-16(14)27)35-25(34)30-20-15-8-11-28-12-18(15)36-17(20)6-7-19-29-21-22(37-19)38-23(31-21)26(9-10-26)24(32)33/h2-5,8,11-13H,9-10H2,1H3,(H,30,34)(H,32,33). The number of carboxylic acids is 1. The van der Waals surface area contributed by atoms with Crippen LogP contribution in [-0.2, 0) is 14.9 Å². The number of carbonyl (C=O) groups is 2. The number of nitrogens with zero attached hydrogens (tertiary/aromatic N) is 3. The van der Waals surface area contributed by atoms with Crippen molar-refractivity contribution in [3.8, 4) is 11.8 Å². The van der Waals surface area contributed by atoms with Crippen molar-refractivity contribution in [3.05, 3.63) is 70.9 Å². The Hall–Kier alpha value is -4.82. The van der Waals surface area contributed by atoms with Gasteiger partial charge in [-0.2, -0.15) is 9.97 Å². The van der Waals surface area contributed by atoms with E-state index in [2.05, 4.69) is 32.1 Å². The fourth-order valence-corrected chi connectivity index (χ4v) is 4.27. The second-order valence-electron chi connectivity index (χ2n) is 8.66. The molecule has 5 aromatic rings. The molecule has 190 valence electrons. The summed E-state index contributed by atoms with van der Waals surface area (Å²) in [5.41, 5.74) is 0.324. The Kier molecular flexibility index (Phi) is 5.54. The minimum atomic E-state index is -1.12. The molecule has 0 aliphatic heterocycles. The molecule has 12 heteroatoms. The van der Waals surface area contributed by atoms with Crippen LogP contribution in [0.3, 0.4) is 0 Å². The molecule has 4 aromatic heterocycles. The molecule has 1 amide bonds. The molecule has 1 saturated carbocycles. The van der Waals surface area contributed by atoms with Crippen molar-refractivity contribution in [1.82, 2.24) is 15.0 Å². The highest BCUT2D eigenvalue weighted by atomic mass is 35.5. The maximum Gasteiger partial charge on any atom is 0.412 e. The van der Waals surface area contributed by atoms with Crippen molar-refractivity contribution < 1.29 is 32.7 Å². The summed E-state index contributed by atoms with van der Waals surface area (Å²) in [6.07, 6.45) is 2.56. The van der Waals surface area contributed by atoms with E-state index in [1.54, 1.807) is 43.5 Å². The van der Waals surface area contributed by atoms with Crippen LogP contribution in [0.5, 0.6) is 0 Å². The molecule has 0 spiro atoms. The zero-order chi connectivity index (χ0) is 26.4. The number of furan rings is 1. The first kappa shape index (κ1) is 23.6. The highest BCUT2D eigenvalue weighted by molar-refractivity contribution is 6.31. The maximum atomic E-state index is 12.7. The minimum Gasteiger partial charge on any atom is -0.480 e. The lowest BCUT2D eigenvalue weighted by Crippen LogP contribution is -2.19. The van der Waals surface area contributed by atoms with Gasteiger partial charge in [-0.15, -0.1) is 0 Å². The zero-order valence-corrected chi connectivity index (χ0v) is 20.4. The highest BCUT2D eigenvalue weighted by Gasteiger charge is 2.56. The number of aromatic nitrogens is 3. The Balaban J connectivity index is 1.26. The van der Waals surface area contributed by atoms with E-state index in [-0.39, 0.29) is 34.7 Å². The van der Waals surface area contributed by atoms with Crippen LogP contribution in [0.2, 0.25) is 5.02 Å². The molecule has 4 heterocycles. The average Bonchev–Trinajstić information content (AvgIpc) is 3.32. The second kappa shape index (κ2) is 8.93. The van der Waals surface area contributed by atoms with Gasteiger partial charge in [0.1, 0.15) is 17.2 Å². The number of fused-ring (bicyclic) bond motifs is 2. The van der Waals surface area contributed by atoms with Gasteiger partial charge in [-0.3, -0.25) is 15.1 Å². The summed E-state index contributed by atoms with van der Waals surface area (Å²) >= 11 is 6.21. The topological polar surface area (TPSA) is 154 Å². The summed E-state index contributed by atoms with van der Waals surface area (Å²) in [4.78, 5) is 36.6. The van der Waals surface area contributed by atoms with Gasteiger partial charge in [0.25, 0.3) is 5.89 Å². The van der Waals surface area contributed by atoms with Crippen molar-refractivity contribution in [3.63, 3.8) is 0 Å². The molecular formula is C26H17ClN4O7. The Labute approximate surface area is 218 Å². The van der Waals surface area contributed by atoms with E-state index < -0.39 is 23.6 Å². The number of anilines is 1. The molecule has 1 unspecified atom stereocenters. The van der Waals surface area contributed by atoms with Gasteiger partial charge in [0.15, 0.2) is 5.58 Å². The van der Waals surface area contributed by atoms with Gasteiger partial charge >= 0.3 is 17.8 Å². The van der Waals surface area contributed by atoms with Crippen LogP contribution >= 0.6 is 11.6 Å². The van der Waals surface area contributed by atoms with Crippen LogP contribution in [-0.4, -0.2) is 32.1 Å². The summed E-state index contributed by atoms with van der Waals surface area (Å²) in [7, 11) is 0. The van der Waals surface area contributed by atoms with Gasteiger partial charge in [-0.25, -0.2) is 4.79 Å². The average molecular weight is 533 g/mol. The number of rotatable bonds is 5. The molecule has 2 N–H and O–H groups in total. The molecule has 0 radical (unpaired) electrons. The van der Waals surface area contributed by atoms with E-state index in [1.807, 2.05) is 0 Å². The molecular weight excluding hydrogens is 516 g/mol. The number of oxazole rings is 2. The van der Waals surface area contributed by atoms with Crippen LogP contribution in [0, 0.1) is 11.8 Å². The van der Waals surface area contributed by atoms with E-state index in [9.17, 15) is 14.7 Å². The van der Waals surface area contributed by atoms with Gasteiger partial charge in [0.2, 0.25) is 17.3 Å². The Morgan fingerprint density at radius 1 is 1.16 bits per heavy atom. The fourth-order valence-electron chi connectivity index (χ4n) is 3.98. The van der Waals surface area contributed by atoms with E-state index >= 15 is 0 Å². The number of amides is 1. The lowest BCUT2D eigenvalue weighted by atomic mass is 10.1. The number of ether oxygens (including phenoxy) is 1. The number of pyridine rings is 1. The third-order valence-electron chi connectivity index (χ3n) is 6.17. The molecule has 11 nitrogen and oxygen atoms in total. The predicted molar refractivity (Wildman–Crippen MR) is 133 cm³/mol. The summed E-state index contributed by atoms with van der Waals surface area (Å²) in [5.74, 6) is 4.62.